The van der Waals surface area contributed by atoms with Crippen LogP contribution in [0.1, 0.15) is 16.8 Å². The van der Waals surface area contributed by atoms with Gasteiger partial charge >= 0.3 is 0 Å². The number of halogens is 1. The Hall–Kier alpha value is -1.43. The van der Waals surface area contributed by atoms with Gasteiger partial charge in [0.15, 0.2) is 0 Å². The van der Waals surface area contributed by atoms with E-state index in [9.17, 15) is 9.59 Å². The lowest BCUT2D eigenvalue weighted by atomic mass is 10.2. The minimum atomic E-state index is -0.213. The fourth-order valence-corrected chi connectivity index (χ4v) is 1.88. The average Bonchev–Trinajstić information content (AvgIpc) is 2.64. The zero-order chi connectivity index (χ0) is 11.5. The summed E-state index contributed by atoms with van der Waals surface area (Å²) in [4.78, 5) is 26.6. The Morgan fingerprint density at radius 2 is 2.38 bits per heavy atom. The van der Waals surface area contributed by atoms with E-state index in [1.807, 2.05) is 0 Å². The van der Waals surface area contributed by atoms with Gasteiger partial charge in [0, 0.05) is 29.8 Å². The highest BCUT2D eigenvalue weighted by Gasteiger charge is 2.23. The Labute approximate surface area is 101 Å². The van der Waals surface area contributed by atoms with Crippen LogP contribution in [-0.2, 0) is 4.79 Å². The van der Waals surface area contributed by atoms with Crippen molar-refractivity contribution in [3.63, 3.8) is 0 Å². The molecule has 1 aliphatic rings. The fourth-order valence-electron chi connectivity index (χ4n) is 1.51. The molecule has 0 unspecified atom stereocenters. The molecule has 1 aliphatic heterocycles. The van der Waals surface area contributed by atoms with E-state index >= 15 is 0 Å². The van der Waals surface area contributed by atoms with Crippen molar-refractivity contribution in [1.82, 2.24) is 15.6 Å². The van der Waals surface area contributed by atoms with Crippen LogP contribution in [0, 0.1) is 0 Å². The van der Waals surface area contributed by atoms with E-state index < -0.39 is 0 Å². The van der Waals surface area contributed by atoms with Crippen LogP contribution >= 0.6 is 15.9 Å². The second kappa shape index (κ2) is 4.61. The lowest BCUT2D eigenvalue weighted by molar-refractivity contribution is -0.119. The quantitative estimate of drug-likeness (QED) is 0.829. The summed E-state index contributed by atoms with van der Waals surface area (Å²) >= 11 is 3.24. The van der Waals surface area contributed by atoms with Crippen LogP contribution in [0.2, 0.25) is 0 Å². The van der Waals surface area contributed by atoms with Gasteiger partial charge in [-0.3, -0.25) is 14.6 Å². The molecule has 1 fully saturated rings. The molecule has 2 N–H and O–H groups in total. The number of aromatic nitrogens is 1. The Bertz CT molecular complexity index is 436. The van der Waals surface area contributed by atoms with Crippen molar-refractivity contribution in [3.8, 4) is 0 Å². The third kappa shape index (κ3) is 2.57. The maximum atomic E-state index is 11.7. The molecule has 84 valence electrons. The molecule has 6 heteroatoms. The molecule has 1 aromatic rings. The zero-order valence-electron chi connectivity index (χ0n) is 8.37. The van der Waals surface area contributed by atoms with Crippen LogP contribution in [0.4, 0.5) is 0 Å². The minimum Gasteiger partial charge on any atom is -0.354 e. The third-order valence-electron chi connectivity index (χ3n) is 2.28. The molecular weight excluding hydrogens is 274 g/mol. The van der Waals surface area contributed by atoms with Gasteiger partial charge in [-0.05, 0) is 22.0 Å². The number of nitrogens with zero attached hydrogens (tertiary/aromatic N) is 1. The van der Waals surface area contributed by atoms with Gasteiger partial charge < -0.3 is 10.6 Å². The molecule has 1 saturated heterocycles. The van der Waals surface area contributed by atoms with Gasteiger partial charge in [-0.1, -0.05) is 0 Å². The molecule has 2 heterocycles. The summed E-state index contributed by atoms with van der Waals surface area (Å²) < 4.78 is 0.751. The lowest BCUT2D eigenvalue weighted by Crippen LogP contribution is -2.36. The highest BCUT2D eigenvalue weighted by Crippen LogP contribution is 2.10. The highest BCUT2D eigenvalue weighted by molar-refractivity contribution is 9.10. The first-order chi connectivity index (χ1) is 7.65. The van der Waals surface area contributed by atoms with Crippen LogP contribution in [-0.4, -0.2) is 29.4 Å². The Morgan fingerprint density at radius 3 is 3.00 bits per heavy atom. The number of pyridine rings is 1. The zero-order valence-corrected chi connectivity index (χ0v) is 9.95. The molecule has 1 aromatic heterocycles. The Balaban J connectivity index is 2.00. The number of carbonyl (C=O) groups is 2. The Kier molecular flexibility index (Phi) is 3.19. The van der Waals surface area contributed by atoms with Crippen LogP contribution in [0.5, 0.6) is 0 Å². The smallest absolute Gasteiger partial charge is 0.253 e. The summed E-state index contributed by atoms with van der Waals surface area (Å²) in [6, 6.07) is 1.56. The van der Waals surface area contributed by atoms with Crippen molar-refractivity contribution >= 4 is 27.7 Å². The molecule has 1 atom stereocenters. The maximum absolute atomic E-state index is 11.7. The SMILES string of the molecule is O=C1C[C@@H](NC(=O)c2cncc(Br)c2)CN1. The van der Waals surface area contributed by atoms with E-state index in [0.29, 0.717) is 18.5 Å². The number of amides is 2. The topological polar surface area (TPSA) is 71.1 Å². The molecule has 16 heavy (non-hydrogen) atoms. The molecule has 0 radical (unpaired) electrons. The van der Waals surface area contributed by atoms with Gasteiger partial charge in [0.25, 0.3) is 5.91 Å². The van der Waals surface area contributed by atoms with E-state index in [0.717, 1.165) is 4.47 Å². The number of carbonyl (C=O) groups excluding carboxylic acids is 2. The summed E-state index contributed by atoms with van der Waals surface area (Å²) in [6.07, 6.45) is 3.44. The fraction of sp³-hybridized carbons (Fsp3) is 0.300. The molecular formula is C10H10BrN3O2. The molecule has 0 aliphatic carbocycles. The molecule has 0 bridgehead atoms. The van der Waals surface area contributed by atoms with Gasteiger partial charge in [-0.2, -0.15) is 0 Å². The van der Waals surface area contributed by atoms with Gasteiger partial charge in [-0.15, -0.1) is 0 Å². The minimum absolute atomic E-state index is 0.0299. The molecule has 5 nitrogen and oxygen atoms in total. The summed E-state index contributed by atoms with van der Waals surface area (Å²) in [5, 5.41) is 5.43. The second-order valence-corrected chi connectivity index (χ2v) is 4.49. The molecule has 2 rings (SSSR count). The van der Waals surface area contributed by atoms with Gasteiger partial charge in [0.1, 0.15) is 0 Å². The van der Waals surface area contributed by atoms with Gasteiger partial charge in [0.05, 0.1) is 11.6 Å². The van der Waals surface area contributed by atoms with Crippen molar-refractivity contribution in [3.05, 3.63) is 28.5 Å². The third-order valence-corrected chi connectivity index (χ3v) is 2.71. The van der Waals surface area contributed by atoms with E-state index in [-0.39, 0.29) is 17.9 Å². The number of hydrogen-bond acceptors (Lipinski definition) is 3. The first kappa shape index (κ1) is 11.1. The molecule has 0 saturated carbocycles. The summed E-state index contributed by atoms with van der Waals surface area (Å²) in [5.74, 6) is -0.243. The summed E-state index contributed by atoms with van der Waals surface area (Å²) in [7, 11) is 0. The average molecular weight is 284 g/mol. The normalized spacial score (nSPS) is 19.3. The monoisotopic (exact) mass is 283 g/mol. The maximum Gasteiger partial charge on any atom is 0.253 e. The predicted molar refractivity (Wildman–Crippen MR) is 60.8 cm³/mol. The number of hydrogen-bond donors (Lipinski definition) is 2. The van der Waals surface area contributed by atoms with E-state index in [2.05, 4.69) is 31.5 Å². The lowest BCUT2D eigenvalue weighted by Gasteiger charge is -2.09. The van der Waals surface area contributed by atoms with Crippen LogP contribution in [0.25, 0.3) is 0 Å². The largest absolute Gasteiger partial charge is 0.354 e. The van der Waals surface area contributed by atoms with E-state index in [1.54, 1.807) is 12.3 Å². The van der Waals surface area contributed by atoms with Gasteiger partial charge in [0.2, 0.25) is 5.91 Å². The van der Waals surface area contributed by atoms with Crippen LogP contribution in [0.3, 0.4) is 0 Å². The highest BCUT2D eigenvalue weighted by atomic mass is 79.9. The Morgan fingerprint density at radius 1 is 1.56 bits per heavy atom. The predicted octanol–water partition coefficient (Wildman–Crippen LogP) is 0.462. The first-order valence-corrected chi connectivity index (χ1v) is 5.62. The summed E-state index contributed by atoms with van der Waals surface area (Å²) in [5.41, 5.74) is 0.480. The molecule has 2 amide bonds. The first-order valence-electron chi connectivity index (χ1n) is 4.83. The van der Waals surface area contributed by atoms with Crippen LogP contribution < -0.4 is 10.6 Å². The van der Waals surface area contributed by atoms with Crippen molar-refractivity contribution in [1.29, 1.82) is 0 Å². The van der Waals surface area contributed by atoms with Gasteiger partial charge in [-0.25, -0.2) is 0 Å². The number of rotatable bonds is 2. The number of nitrogens with one attached hydrogen (secondary N) is 2. The van der Waals surface area contributed by atoms with Crippen molar-refractivity contribution in [2.75, 3.05) is 6.54 Å². The summed E-state index contributed by atoms with van der Waals surface area (Å²) in [6.45, 7) is 0.492. The van der Waals surface area contributed by atoms with E-state index in [1.165, 1.54) is 6.20 Å². The standard InChI is InChI=1S/C10H10BrN3O2/c11-7-1-6(3-12-4-7)10(16)14-8-2-9(15)13-5-8/h1,3-4,8H,2,5H2,(H,13,15)(H,14,16)/t8-/m1/s1. The van der Waals surface area contributed by atoms with Crippen molar-refractivity contribution < 1.29 is 9.59 Å². The van der Waals surface area contributed by atoms with E-state index in [4.69, 9.17) is 0 Å². The van der Waals surface area contributed by atoms with Crippen molar-refractivity contribution in [2.24, 2.45) is 0 Å². The van der Waals surface area contributed by atoms with Crippen LogP contribution in [0.15, 0.2) is 22.9 Å². The molecule has 0 spiro atoms. The second-order valence-electron chi connectivity index (χ2n) is 3.57. The van der Waals surface area contributed by atoms with Crippen molar-refractivity contribution in [2.45, 2.75) is 12.5 Å². The molecule has 0 aromatic carbocycles.